The summed E-state index contributed by atoms with van der Waals surface area (Å²) in [4.78, 5) is 0. The Labute approximate surface area is 120 Å². The SMILES string of the molecule is NNC(Cc1cccc(F)c1Cl)c1cc(F)ccc1N. The summed E-state index contributed by atoms with van der Waals surface area (Å²) in [5, 5.41) is 0.0303. The third-order valence-corrected chi connectivity index (χ3v) is 3.50. The Balaban J connectivity index is 2.34. The van der Waals surface area contributed by atoms with Crippen LogP contribution < -0.4 is 17.0 Å². The highest BCUT2D eigenvalue weighted by Gasteiger charge is 2.17. The van der Waals surface area contributed by atoms with Crippen LogP contribution in [0, 0.1) is 11.6 Å². The van der Waals surface area contributed by atoms with Gasteiger partial charge in [0.15, 0.2) is 0 Å². The van der Waals surface area contributed by atoms with Crippen molar-refractivity contribution in [2.45, 2.75) is 12.5 Å². The van der Waals surface area contributed by atoms with Crippen LogP contribution in [0.25, 0.3) is 0 Å². The van der Waals surface area contributed by atoms with Crippen LogP contribution in [0.1, 0.15) is 17.2 Å². The highest BCUT2D eigenvalue weighted by Crippen LogP contribution is 2.28. The lowest BCUT2D eigenvalue weighted by molar-refractivity contribution is 0.543. The molecule has 1 atom stereocenters. The minimum atomic E-state index is -0.507. The molecule has 6 heteroatoms. The maximum atomic E-state index is 13.4. The lowest BCUT2D eigenvalue weighted by Gasteiger charge is -2.19. The zero-order valence-electron chi connectivity index (χ0n) is 10.5. The van der Waals surface area contributed by atoms with Crippen molar-refractivity contribution in [3.63, 3.8) is 0 Å². The van der Waals surface area contributed by atoms with Crippen molar-refractivity contribution in [3.8, 4) is 0 Å². The summed E-state index contributed by atoms with van der Waals surface area (Å²) in [6.45, 7) is 0. The summed E-state index contributed by atoms with van der Waals surface area (Å²) in [5.41, 5.74) is 9.85. The zero-order chi connectivity index (χ0) is 14.7. The summed E-state index contributed by atoms with van der Waals surface area (Å²) in [5.74, 6) is 4.57. The molecule has 0 aliphatic rings. The summed E-state index contributed by atoms with van der Waals surface area (Å²) in [6, 6.07) is 8.07. The van der Waals surface area contributed by atoms with Crippen LogP contribution in [0.15, 0.2) is 36.4 Å². The Bertz CT molecular complexity index is 619. The molecule has 3 nitrogen and oxygen atoms in total. The van der Waals surface area contributed by atoms with E-state index in [0.29, 0.717) is 23.2 Å². The Morgan fingerprint density at radius 3 is 2.65 bits per heavy atom. The second-order valence-electron chi connectivity index (χ2n) is 4.41. The van der Waals surface area contributed by atoms with Crippen molar-refractivity contribution in [2.24, 2.45) is 5.84 Å². The number of nitrogens with two attached hydrogens (primary N) is 2. The van der Waals surface area contributed by atoms with Crippen LogP contribution in [-0.2, 0) is 6.42 Å². The van der Waals surface area contributed by atoms with E-state index in [9.17, 15) is 8.78 Å². The second kappa shape index (κ2) is 6.17. The fraction of sp³-hybridized carbons (Fsp3) is 0.143. The van der Waals surface area contributed by atoms with Crippen LogP contribution in [0.2, 0.25) is 5.02 Å². The number of rotatable bonds is 4. The maximum absolute atomic E-state index is 13.4. The van der Waals surface area contributed by atoms with E-state index in [2.05, 4.69) is 5.43 Å². The zero-order valence-corrected chi connectivity index (χ0v) is 11.3. The quantitative estimate of drug-likeness (QED) is 0.462. The first-order chi connectivity index (χ1) is 9.52. The molecule has 1 unspecified atom stereocenters. The molecule has 0 saturated carbocycles. The Morgan fingerprint density at radius 2 is 1.95 bits per heavy atom. The summed E-state index contributed by atoms with van der Waals surface area (Å²) >= 11 is 5.90. The maximum Gasteiger partial charge on any atom is 0.142 e. The predicted octanol–water partition coefficient (Wildman–Crippen LogP) is 2.95. The molecule has 106 valence electrons. The minimum Gasteiger partial charge on any atom is -0.398 e. The standard InChI is InChI=1S/C14H14ClF2N3/c15-14-8(2-1-3-11(14)17)6-13(20-19)10-7-9(16)4-5-12(10)18/h1-5,7,13,20H,6,18-19H2. The van der Waals surface area contributed by atoms with Gasteiger partial charge < -0.3 is 5.73 Å². The molecule has 2 aromatic carbocycles. The molecule has 0 heterocycles. The Kier molecular flexibility index (Phi) is 4.54. The van der Waals surface area contributed by atoms with E-state index in [1.165, 1.54) is 24.3 Å². The van der Waals surface area contributed by atoms with Crippen molar-refractivity contribution in [2.75, 3.05) is 5.73 Å². The van der Waals surface area contributed by atoms with Crippen LogP contribution in [0.3, 0.4) is 0 Å². The molecule has 0 aromatic heterocycles. The average molecular weight is 298 g/mol. The number of hydrogen-bond acceptors (Lipinski definition) is 3. The number of benzene rings is 2. The largest absolute Gasteiger partial charge is 0.398 e. The van der Waals surface area contributed by atoms with E-state index in [1.54, 1.807) is 12.1 Å². The normalized spacial score (nSPS) is 12.4. The lowest BCUT2D eigenvalue weighted by atomic mass is 9.98. The molecule has 20 heavy (non-hydrogen) atoms. The number of hydrazine groups is 1. The van der Waals surface area contributed by atoms with Gasteiger partial charge in [0.2, 0.25) is 0 Å². The summed E-state index contributed by atoms with van der Waals surface area (Å²) < 4.78 is 26.7. The van der Waals surface area contributed by atoms with Crippen LogP contribution >= 0.6 is 11.6 Å². The molecular weight excluding hydrogens is 284 g/mol. The third kappa shape index (κ3) is 3.07. The van der Waals surface area contributed by atoms with Gasteiger partial charge in [-0.1, -0.05) is 23.7 Å². The Morgan fingerprint density at radius 1 is 1.20 bits per heavy atom. The highest BCUT2D eigenvalue weighted by molar-refractivity contribution is 6.31. The first kappa shape index (κ1) is 14.7. The van der Waals surface area contributed by atoms with Gasteiger partial charge in [-0.25, -0.2) is 8.78 Å². The molecule has 0 bridgehead atoms. The van der Waals surface area contributed by atoms with Gasteiger partial charge in [0.1, 0.15) is 11.6 Å². The number of anilines is 1. The van der Waals surface area contributed by atoms with E-state index < -0.39 is 17.7 Å². The van der Waals surface area contributed by atoms with Crippen molar-refractivity contribution >= 4 is 17.3 Å². The molecule has 0 aliphatic carbocycles. The van der Waals surface area contributed by atoms with Crippen molar-refractivity contribution in [1.82, 2.24) is 5.43 Å². The number of hydrogen-bond donors (Lipinski definition) is 3. The van der Waals surface area contributed by atoms with Gasteiger partial charge >= 0.3 is 0 Å². The van der Waals surface area contributed by atoms with Crippen molar-refractivity contribution < 1.29 is 8.78 Å². The lowest BCUT2D eigenvalue weighted by Crippen LogP contribution is -2.30. The molecule has 0 saturated heterocycles. The second-order valence-corrected chi connectivity index (χ2v) is 4.79. The van der Waals surface area contributed by atoms with Crippen LogP contribution in [-0.4, -0.2) is 0 Å². The van der Waals surface area contributed by atoms with Gasteiger partial charge in [0.05, 0.1) is 11.1 Å². The molecule has 0 aliphatic heterocycles. The van der Waals surface area contributed by atoms with E-state index in [0.717, 1.165) is 0 Å². The van der Waals surface area contributed by atoms with Crippen LogP contribution in [0.5, 0.6) is 0 Å². The van der Waals surface area contributed by atoms with E-state index >= 15 is 0 Å². The number of nitrogens with one attached hydrogen (secondary N) is 1. The first-order valence-electron chi connectivity index (χ1n) is 5.97. The monoisotopic (exact) mass is 297 g/mol. The highest BCUT2D eigenvalue weighted by atomic mass is 35.5. The van der Waals surface area contributed by atoms with E-state index in [1.807, 2.05) is 0 Å². The molecule has 0 radical (unpaired) electrons. The summed E-state index contributed by atoms with van der Waals surface area (Å²) in [7, 11) is 0. The molecular formula is C14H14ClF2N3. The minimum absolute atomic E-state index is 0.0303. The fourth-order valence-electron chi connectivity index (χ4n) is 2.03. The van der Waals surface area contributed by atoms with Crippen molar-refractivity contribution in [1.29, 1.82) is 0 Å². The summed E-state index contributed by atoms with van der Waals surface area (Å²) in [6.07, 6.45) is 0.292. The first-order valence-corrected chi connectivity index (χ1v) is 6.34. The van der Waals surface area contributed by atoms with E-state index in [-0.39, 0.29) is 5.02 Å². The number of halogens is 3. The molecule has 2 rings (SSSR count). The van der Waals surface area contributed by atoms with Crippen molar-refractivity contribution in [3.05, 3.63) is 64.2 Å². The molecule has 5 N–H and O–H groups in total. The molecule has 0 amide bonds. The van der Waals surface area contributed by atoms with Gasteiger partial charge in [0, 0.05) is 5.69 Å². The fourth-order valence-corrected chi connectivity index (χ4v) is 2.24. The topological polar surface area (TPSA) is 64.1 Å². The van der Waals surface area contributed by atoms with E-state index in [4.69, 9.17) is 23.2 Å². The number of nitrogen functional groups attached to an aromatic ring is 1. The van der Waals surface area contributed by atoms with Gasteiger partial charge in [-0.3, -0.25) is 11.3 Å². The third-order valence-electron chi connectivity index (χ3n) is 3.08. The van der Waals surface area contributed by atoms with Gasteiger partial charge in [-0.15, -0.1) is 0 Å². The van der Waals surface area contributed by atoms with Gasteiger partial charge in [-0.05, 0) is 41.8 Å². The van der Waals surface area contributed by atoms with Gasteiger partial charge in [0.25, 0.3) is 0 Å². The molecule has 2 aromatic rings. The predicted molar refractivity (Wildman–Crippen MR) is 76.0 cm³/mol. The Hall–Kier alpha value is -1.69. The molecule has 0 spiro atoms. The average Bonchev–Trinajstić information content (AvgIpc) is 2.43. The van der Waals surface area contributed by atoms with Gasteiger partial charge in [-0.2, -0.15) is 0 Å². The smallest absolute Gasteiger partial charge is 0.142 e. The molecule has 0 fully saturated rings. The van der Waals surface area contributed by atoms with Crippen LogP contribution in [0.4, 0.5) is 14.5 Å².